The molecule has 0 N–H and O–H groups in total. The van der Waals surface area contributed by atoms with E-state index in [9.17, 15) is 0 Å². The third-order valence-corrected chi connectivity index (χ3v) is 3.64. The van der Waals surface area contributed by atoms with Gasteiger partial charge in [-0.15, -0.1) is 11.3 Å². The Labute approximate surface area is 101 Å². The predicted molar refractivity (Wildman–Crippen MR) is 75.9 cm³/mol. The minimum absolute atomic E-state index is 1.05. The monoisotopic (exact) mass is 228 g/mol. The van der Waals surface area contributed by atoms with Crippen LogP contribution in [0.3, 0.4) is 0 Å². The molecule has 1 heteroatoms. The molecule has 1 aromatic carbocycles. The van der Waals surface area contributed by atoms with Crippen LogP contribution in [0.5, 0.6) is 0 Å². The standard InChI is InChI=1S/C13H10S.C2H6/c1-2-6-10-11-7-4-5-9-13(11)14-12(10)8-3-1;1-2/h2-9H,1H2;1-2H3. The van der Waals surface area contributed by atoms with Crippen molar-refractivity contribution in [3.8, 4) is 0 Å². The number of hydrogen-bond acceptors (Lipinski definition) is 1. The Balaban J connectivity index is 0.000000457. The van der Waals surface area contributed by atoms with Crippen molar-refractivity contribution in [3.63, 3.8) is 0 Å². The second-order valence-electron chi connectivity index (χ2n) is 3.42. The van der Waals surface area contributed by atoms with Crippen LogP contribution < -0.4 is 0 Å². The number of benzene rings is 1. The molecule has 0 fully saturated rings. The van der Waals surface area contributed by atoms with E-state index in [0.29, 0.717) is 0 Å². The van der Waals surface area contributed by atoms with Crippen LogP contribution in [0.25, 0.3) is 22.2 Å². The van der Waals surface area contributed by atoms with Crippen LogP contribution in [0.2, 0.25) is 0 Å². The van der Waals surface area contributed by atoms with Gasteiger partial charge in [0.2, 0.25) is 0 Å². The number of rotatable bonds is 0. The molecule has 1 aromatic heterocycles. The van der Waals surface area contributed by atoms with Crippen LogP contribution in [-0.4, -0.2) is 0 Å². The number of hydrogen-bond donors (Lipinski definition) is 0. The molecule has 2 aromatic rings. The lowest BCUT2D eigenvalue weighted by Gasteiger charge is -1.91. The molecule has 0 spiro atoms. The normalized spacial score (nSPS) is 12.9. The van der Waals surface area contributed by atoms with E-state index in [-0.39, 0.29) is 0 Å². The lowest BCUT2D eigenvalue weighted by molar-refractivity contribution is 1.44. The number of allylic oxidation sites excluding steroid dienone is 2. The van der Waals surface area contributed by atoms with Crippen molar-refractivity contribution in [3.05, 3.63) is 46.9 Å². The Bertz CT molecular complexity index is 529. The van der Waals surface area contributed by atoms with Gasteiger partial charge >= 0.3 is 0 Å². The molecule has 1 aliphatic rings. The lowest BCUT2D eigenvalue weighted by Crippen LogP contribution is -1.69. The van der Waals surface area contributed by atoms with E-state index >= 15 is 0 Å². The quantitative estimate of drug-likeness (QED) is 0.569. The van der Waals surface area contributed by atoms with Crippen LogP contribution >= 0.6 is 11.3 Å². The zero-order chi connectivity index (χ0) is 11.4. The topological polar surface area (TPSA) is 0 Å². The summed E-state index contributed by atoms with van der Waals surface area (Å²) in [4.78, 5) is 1.39. The van der Waals surface area contributed by atoms with Gasteiger partial charge < -0.3 is 0 Å². The number of thiophene rings is 1. The second kappa shape index (κ2) is 5.13. The maximum absolute atomic E-state index is 2.24. The summed E-state index contributed by atoms with van der Waals surface area (Å²) < 4.78 is 1.38. The van der Waals surface area contributed by atoms with Crippen LogP contribution in [0.15, 0.2) is 36.4 Å². The maximum Gasteiger partial charge on any atom is 0.0355 e. The third-order valence-electron chi connectivity index (χ3n) is 2.49. The first kappa shape index (κ1) is 11.2. The highest BCUT2D eigenvalue weighted by Gasteiger charge is 2.07. The molecule has 0 bridgehead atoms. The smallest absolute Gasteiger partial charge is 0.0355 e. The van der Waals surface area contributed by atoms with Crippen molar-refractivity contribution in [1.82, 2.24) is 0 Å². The highest BCUT2D eigenvalue weighted by molar-refractivity contribution is 7.20. The van der Waals surface area contributed by atoms with Gasteiger partial charge in [0.15, 0.2) is 0 Å². The summed E-state index contributed by atoms with van der Waals surface area (Å²) in [5, 5.41) is 1.38. The molecule has 0 unspecified atom stereocenters. The highest BCUT2D eigenvalue weighted by atomic mass is 32.1. The Morgan fingerprint density at radius 2 is 1.75 bits per heavy atom. The van der Waals surface area contributed by atoms with E-state index in [0.717, 1.165) is 6.42 Å². The number of fused-ring (bicyclic) bond motifs is 3. The van der Waals surface area contributed by atoms with Gasteiger partial charge in [-0.1, -0.05) is 50.3 Å². The van der Waals surface area contributed by atoms with Gasteiger partial charge in [0.1, 0.15) is 0 Å². The van der Waals surface area contributed by atoms with E-state index in [1.54, 1.807) is 0 Å². The molecular formula is C15H16S. The van der Waals surface area contributed by atoms with Gasteiger partial charge in [0, 0.05) is 15.0 Å². The molecule has 1 heterocycles. The first-order valence-corrected chi connectivity index (χ1v) is 6.61. The van der Waals surface area contributed by atoms with E-state index in [1.165, 1.54) is 20.5 Å². The summed E-state index contributed by atoms with van der Waals surface area (Å²) in [6, 6.07) is 8.60. The van der Waals surface area contributed by atoms with Crippen molar-refractivity contribution in [2.75, 3.05) is 0 Å². The van der Waals surface area contributed by atoms with Crippen molar-refractivity contribution in [2.24, 2.45) is 0 Å². The van der Waals surface area contributed by atoms with Crippen LogP contribution in [0.1, 0.15) is 30.7 Å². The van der Waals surface area contributed by atoms with Crippen LogP contribution in [0, 0.1) is 0 Å². The molecule has 0 saturated heterocycles. The molecule has 0 amide bonds. The van der Waals surface area contributed by atoms with Crippen molar-refractivity contribution >= 4 is 33.6 Å². The fourth-order valence-corrected chi connectivity index (χ4v) is 2.94. The van der Waals surface area contributed by atoms with E-state index in [2.05, 4.69) is 48.6 Å². The molecule has 0 radical (unpaired) electrons. The van der Waals surface area contributed by atoms with E-state index in [4.69, 9.17) is 0 Å². The van der Waals surface area contributed by atoms with Gasteiger partial charge in [0.25, 0.3) is 0 Å². The Hall–Kier alpha value is -1.34. The van der Waals surface area contributed by atoms with Gasteiger partial charge in [-0.3, -0.25) is 0 Å². The molecule has 0 saturated carbocycles. The van der Waals surface area contributed by atoms with Crippen molar-refractivity contribution < 1.29 is 0 Å². The summed E-state index contributed by atoms with van der Waals surface area (Å²) in [5.74, 6) is 0. The van der Waals surface area contributed by atoms with Gasteiger partial charge in [-0.2, -0.15) is 0 Å². The minimum Gasteiger partial charge on any atom is -0.135 e. The second-order valence-corrected chi connectivity index (χ2v) is 4.50. The van der Waals surface area contributed by atoms with Crippen molar-refractivity contribution in [2.45, 2.75) is 20.3 Å². The third kappa shape index (κ3) is 1.96. The summed E-state index contributed by atoms with van der Waals surface area (Å²) in [6.45, 7) is 4.00. The van der Waals surface area contributed by atoms with Crippen LogP contribution in [-0.2, 0) is 0 Å². The molecular weight excluding hydrogens is 212 g/mol. The lowest BCUT2D eigenvalue weighted by atomic mass is 10.1. The van der Waals surface area contributed by atoms with Gasteiger partial charge in [0.05, 0.1) is 0 Å². The first-order valence-electron chi connectivity index (χ1n) is 5.80. The summed E-state index contributed by atoms with van der Waals surface area (Å²) >= 11 is 1.87. The Kier molecular flexibility index (Phi) is 3.58. The largest absolute Gasteiger partial charge is 0.135 e. The fraction of sp³-hybridized carbons (Fsp3) is 0.200. The highest BCUT2D eigenvalue weighted by Crippen LogP contribution is 2.34. The zero-order valence-electron chi connectivity index (χ0n) is 9.73. The fourth-order valence-electron chi connectivity index (χ4n) is 1.82. The molecule has 16 heavy (non-hydrogen) atoms. The van der Waals surface area contributed by atoms with Gasteiger partial charge in [-0.25, -0.2) is 0 Å². The predicted octanol–water partition coefficient (Wildman–Crippen LogP) is 5.36. The van der Waals surface area contributed by atoms with E-state index in [1.807, 2.05) is 25.2 Å². The van der Waals surface area contributed by atoms with Crippen molar-refractivity contribution in [1.29, 1.82) is 0 Å². The molecule has 82 valence electrons. The minimum atomic E-state index is 1.05. The zero-order valence-corrected chi connectivity index (χ0v) is 10.6. The van der Waals surface area contributed by atoms with Crippen LogP contribution in [0.4, 0.5) is 0 Å². The first-order chi connectivity index (χ1) is 7.95. The average Bonchev–Trinajstić information content (AvgIpc) is 2.54. The Morgan fingerprint density at radius 1 is 1.00 bits per heavy atom. The van der Waals surface area contributed by atoms with Gasteiger partial charge in [-0.05, 0) is 24.1 Å². The molecule has 1 aliphatic carbocycles. The molecule has 0 aliphatic heterocycles. The average molecular weight is 228 g/mol. The SMILES string of the molecule is C1=Cc2sc3ccccc3c2C=CC1.CC. The molecule has 3 rings (SSSR count). The maximum atomic E-state index is 2.24. The summed E-state index contributed by atoms with van der Waals surface area (Å²) in [6.07, 6.45) is 9.98. The molecule has 0 atom stereocenters. The van der Waals surface area contributed by atoms with E-state index < -0.39 is 0 Å². The summed E-state index contributed by atoms with van der Waals surface area (Å²) in [5.41, 5.74) is 1.39. The Morgan fingerprint density at radius 3 is 2.62 bits per heavy atom. The summed E-state index contributed by atoms with van der Waals surface area (Å²) in [7, 11) is 0. The molecule has 0 nitrogen and oxygen atoms in total.